The summed E-state index contributed by atoms with van der Waals surface area (Å²) in [4.78, 5) is 2.45. The SMILES string of the molecule is CCNCCN(C)C(CC)CC. The van der Waals surface area contributed by atoms with Crippen LogP contribution in [0, 0.1) is 0 Å². The molecule has 1 N–H and O–H groups in total. The van der Waals surface area contributed by atoms with Crippen molar-refractivity contribution in [3.05, 3.63) is 0 Å². The molecule has 0 rings (SSSR count). The first-order chi connectivity index (χ1) is 5.76. The summed E-state index contributed by atoms with van der Waals surface area (Å²) < 4.78 is 0. The Morgan fingerprint density at radius 2 is 1.75 bits per heavy atom. The first-order valence-electron chi connectivity index (χ1n) is 5.17. The van der Waals surface area contributed by atoms with Crippen molar-refractivity contribution in [3.63, 3.8) is 0 Å². The van der Waals surface area contributed by atoms with Gasteiger partial charge in [0.15, 0.2) is 0 Å². The zero-order valence-corrected chi connectivity index (χ0v) is 9.06. The lowest BCUT2D eigenvalue weighted by Gasteiger charge is -2.25. The van der Waals surface area contributed by atoms with Crippen LogP contribution in [0.5, 0.6) is 0 Å². The minimum Gasteiger partial charge on any atom is -0.316 e. The van der Waals surface area contributed by atoms with E-state index in [0.717, 1.165) is 19.1 Å². The second-order valence-corrected chi connectivity index (χ2v) is 3.30. The van der Waals surface area contributed by atoms with E-state index in [1.807, 2.05) is 0 Å². The molecule has 2 heteroatoms. The highest BCUT2D eigenvalue weighted by molar-refractivity contribution is 4.65. The third-order valence-electron chi connectivity index (χ3n) is 2.46. The van der Waals surface area contributed by atoms with Gasteiger partial charge >= 0.3 is 0 Å². The summed E-state index contributed by atoms with van der Waals surface area (Å²) >= 11 is 0. The molecule has 0 aliphatic carbocycles. The highest BCUT2D eigenvalue weighted by Crippen LogP contribution is 2.04. The van der Waals surface area contributed by atoms with E-state index in [1.165, 1.54) is 19.4 Å². The van der Waals surface area contributed by atoms with Crippen LogP contribution in [0.1, 0.15) is 33.6 Å². The molecule has 0 radical (unpaired) electrons. The molecule has 0 heterocycles. The van der Waals surface area contributed by atoms with E-state index in [9.17, 15) is 0 Å². The molecule has 0 bridgehead atoms. The zero-order chi connectivity index (χ0) is 9.40. The number of hydrogen-bond donors (Lipinski definition) is 1. The van der Waals surface area contributed by atoms with Crippen LogP contribution in [-0.4, -0.2) is 37.6 Å². The van der Waals surface area contributed by atoms with Crippen molar-refractivity contribution < 1.29 is 0 Å². The summed E-state index contributed by atoms with van der Waals surface area (Å²) in [6.45, 7) is 10.0. The van der Waals surface area contributed by atoms with E-state index >= 15 is 0 Å². The van der Waals surface area contributed by atoms with E-state index in [1.54, 1.807) is 0 Å². The van der Waals surface area contributed by atoms with Crippen LogP contribution in [-0.2, 0) is 0 Å². The van der Waals surface area contributed by atoms with E-state index in [-0.39, 0.29) is 0 Å². The van der Waals surface area contributed by atoms with Gasteiger partial charge in [0.1, 0.15) is 0 Å². The van der Waals surface area contributed by atoms with E-state index in [2.05, 4.69) is 38.0 Å². The normalized spacial score (nSPS) is 11.5. The molecule has 0 aliphatic heterocycles. The lowest BCUT2D eigenvalue weighted by Crippen LogP contribution is -2.36. The average molecular weight is 172 g/mol. The van der Waals surface area contributed by atoms with Crippen molar-refractivity contribution >= 4 is 0 Å². The molecular formula is C10H24N2. The van der Waals surface area contributed by atoms with Gasteiger partial charge in [0.2, 0.25) is 0 Å². The molecule has 74 valence electrons. The molecule has 0 aromatic heterocycles. The topological polar surface area (TPSA) is 15.3 Å². The van der Waals surface area contributed by atoms with E-state index < -0.39 is 0 Å². The fraction of sp³-hybridized carbons (Fsp3) is 1.00. The molecule has 0 unspecified atom stereocenters. The number of nitrogens with one attached hydrogen (secondary N) is 1. The molecule has 0 aromatic rings. The Labute approximate surface area is 77.3 Å². The van der Waals surface area contributed by atoms with Crippen molar-refractivity contribution in [2.24, 2.45) is 0 Å². The van der Waals surface area contributed by atoms with Gasteiger partial charge in [-0.15, -0.1) is 0 Å². The summed E-state index contributed by atoms with van der Waals surface area (Å²) in [5, 5.41) is 3.34. The molecule has 0 aliphatic rings. The Morgan fingerprint density at radius 3 is 2.17 bits per heavy atom. The molecule has 0 spiro atoms. The maximum Gasteiger partial charge on any atom is 0.0107 e. The number of rotatable bonds is 7. The second-order valence-electron chi connectivity index (χ2n) is 3.30. The minimum atomic E-state index is 0.767. The predicted molar refractivity (Wildman–Crippen MR) is 55.5 cm³/mol. The van der Waals surface area contributed by atoms with Crippen LogP contribution in [0.4, 0.5) is 0 Å². The summed E-state index contributed by atoms with van der Waals surface area (Å²) in [5.41, 5.74) is 0. The third kappa shape index (κ3) is 4.73. The first kappa shape index (κ1) is 11.9. The zero-order valence-electron chi connectivity index (χ0n) is 9.06. The fourth-order valence-corrected chi connectivity index (χ4v) is 1.53. The summed E-state index contributed by atoms with van der Waals surface area (Å²) in [6, 6.07) is 0.767. The minimum absolute atomic E-state index is 0.767. The Bertz CT molecular complexity index is 89.8. The van der Waals surface area contributed by atoms with Gasteiger partial charge in [-0.25, -0.2) is 0 Å². The quantitative estimate of drug-likeness (QED) is 0.588. The van der Waals surface area contributed by atoms with Gasteiger partial charge in [-0.05, 0) is 26.4 Å². The Morgan fingerprint density at radius 1 is 1.17 bits per heavy atom. The van der Waals surface area contributed by atoms with Crippen LogP contribution < -0.4 is 5.32 Å². The van der Waals surface area contributed by atoms with Gasteiger partial charge < -0.3 is 10.2 Å². The van der Waals surface area contributed by atoms with Crippen LogP contribution >= 0.6 is 0 Å². The maximum absolute atomic E-state index is 3.34. The molecular weight excluding hydrogens is 148 g/mol. The lowest BCUT2D eigenvalue weighted by molar-refractivity contribution is 0.230. The first-order valence-corrected chi connectivity index (χ1v) is 5.17. The Hall–Kier alpha value is -0.0800. The Kier molecular flexibility index (Phi) is 7.51. The molecule has 2 nitrogen and oxygen atoms in total. The van der Waals surface area contributed by atoms with Crippen LogP contribution in [0.25, 0.3) is 0 Å². The fourth-order valence-electron chi connectivity index (χ4n) is 1.53. The van der Waals surface area contributed by atoms with E-state index in [0.29, 0.717) is 0 Å². The predicted octanol–water partition coefficient (Wildman–Crippen LogP) is 1.72. The molecule has 0 saturated heterocycles. The summed E-state index contributed by atoms with van der Waals surface area (Å²) in [5.74, 6) is 0. The maximum atomic E-state index is 3.34. The van der Waals surface area contributed by atoms with Crippen molar-refractivity contribution in [1.82, 2.24) is 10.2 Å². The number of likely N-dealkylation sites (N-methyl/N-ethyl adjacent to an activating group) is 2. The average Bonchev–Trinajstić information content (AvgIpc) is 2.07. The van der Waals surface area contributed by atoms with Gasteiger partial charge in [-0.1, -0.05) is 20.8 Å². The molecule has 12 heavy (non-hydrogen) atoms. The highest BCUT2D eigenvalue weighted by Gasteiger charge is 2.08. The largest absolute Gasteiger partial charge is 0.316 e. The van der Waals surface area contributed by atoms with Gasteiger partial charge in [-0.3, -0.25) is 0 Å². The molecule has 0 aromatic carbocycles. The standard InChI is InChI=1S/C10H24N2/c1-5-10(6-2)12(4)9-8-11-7-3/h10-11H,5-9H2,1-4H3. The van der Waals surface area contributed by atoms with Crippen LogP contribution in [0.3, 0.4) is 0 Å². The van der Waals surface area contributed by atoms with Crippen LogP contribution in [0.15, 0.2) is 0 Å². The van der Waals surface area contributed by atoms with Gasteiger partial charge in [-0.2, -0.15) is 0 Å². The number of nitrogens with zero attached hydrogens (tertiary/aromatic N) is 1. The lowest BCUT2D eigenvalue weighted by atomic mass is 10.1. The Balaban J connectivity index is 3.47. The van der Waals surface area contributed by atoms with Crippen LogP contribution in [0.2, 0.25) is 0 Å². The van der Waals surface area contributed by atoms with Gasteiger partial charge in [0.25, 0.3) is 0 Å². The van der Waals surface area contributed by atoms with Crippen molar-refractivity contribution in [2.45, 2.75) is 39.7 Å². The number of hydrogen-bond acceptors (Lipinski definition) is 2. The highest BCUT2D eigenvalue weighted by atomic mass is 15.1. The molecule has 0 fully saturated rings. The van der Waals surface area contributed by atoms with Gasteiger partial charge in [0.05, 0.1) is 0 Å². The molecule has 0 saturated carbocycles. The second kappa shape index (κ2) is 7.56. The van der Waals surface area contributed by atoms with Crippen molar-refractivity contribution in [1.29, 1.82) is 0 Å². The summed E-state index contributed by atoms with van der Waals surface area (Å²) in [6.07, 6.45) is 2.53. The van der Waals surface area contributed by atoms with Crippen molar-refractivity contribution in [2.75, 3.05) is 26.7 Å². The van der Waals surface area contributed by atoms with Gasteiger partial charge in [0, 0.05) is 19.1 Å². The monoisotopic (exact) mass is 172 g/mol. The third-order valence-corrected chi connectivity index (χ3v) is 2.46. The molecule has 0 amide bonds. The molecule has 0 atom stereocenters. The van der Waals surface area contributed by atoms with E-state index in [4.69, 9.17) is 0 Å². The smallest absolute Gasteiger partial charge is 0.0107 e. The van der Waals surface area contributed by atoms with Crippen molar-refractivity contribution in [3.8, 4) is 0 Å². The summed E-state index contributed by atoms with van der Waals surface area (Å²) in [7, 11) is 2.22.